The summed E-state index contributed by atoms with van der Waals surface area (Å²) < 4.78 is 15.6. The van der Waals surface area contributed by atoms with Crippen LogP contribution in [0.4, 0.5) is 9.80 Å². The zero-order valence-electron chi connectivity index (χ0n) is 16.8. The molecular formula is C21H21N3O6S. The summed E-state index contributed by atoms with van der Waals surface area (Å²) in [6.45, 7) is 2.93. The van der Waals surface area contributed by atoms with Gasteiger partial charge in [-0.05, 0) is 42.7 Å². The van der Waals surface area contributed by atoms with Gasteiger partial charge in [-0.15, -0.1) is 11.3 Å². The molecule has 0 saturated heterocycles. The highest BCUT2D eigenvalue weighted by Gasteiger charge is 2.29. The first-order valence-corrected chi connectivity index (χ1v) is 10.5. The van der Waals surface area contributed by atoms with Crippen LogP contribution < -0.4 is 20.5 Å². The maximum Gasteiger partial charge on any atom is 0.410 e. The van der Waals surface area contributed by atoms with Crippen LogP contribution in [-0.4, -0.2) is 42.8 Å². The summed E-state index contributed by atoms with van der Waals surface area (Å²) in [6, 6.07) is 5.35. The first-order valence-electron chi connectivity index (χ1n) is 9.71. The highest BCUT2D eigenvalue weighted by atomic mass is 32.1. The summed E-state index contributed by atoms with van der Waals surface area (Å²) in [5.41, 5.74) is 7.42. The van der Waals surface area contributed by atoms with E-state index in [1.54, 1.807) is 36.1 Å². The summed E-state index contributed by atoms with van der Waals surface area (Å²) in [5.74, 6) is 0.266. The molecule has 1 aromatic carbocycles. The molecule has 162 valence electrons. The van der Waals surface area contributed by atoms with Crippen molar-refractivity contribution in [3.63, 3.8) is 0 Å². The summed E-state index contributed by atoms with van der Waals surface area (Å²) in [4.78, 5) is 39.0. The molecule has 0 spiro atoms. The van der Waals surface area contributed by atoms with Crippen molar-refractivity contribution in [1.29, 1.82) is 0 Å². The Morgan fingerprint density at radius 3 is 2.87 bits per heavy atom. The molecule has 0 aliphatic carbocycles. The quantitative estimate of drug-likeness (QED) is 0.686. The van der Waals surface area contributed by atoms with E-state index in [2.05, 4.69) is 5.32 Å². The standard InChI is InChI=1S/C21H21N3O6S/c1-2-28-21(27)24-8-7-13-16(10-24)31-20(18(13)19(22)26)23-17(25)6-4-12-3-5-14-15(9-12)30-11-29-14/h3-6,9H,2,7-8,10-11H2,1H3,(H2,22,26)(H,23,25)/b6-4+. The van der Waals surface area contributed by atoms with Gasteiger partial charge in [0.1, 0.15) is 5.00 Å². The summed E-state index contributed by atoms with van der Waals surface area (Å²) in [7, 11) is 0. The van der Waals surface area contributed by atoms with Crippen LogP contribution in [0.25, 0.3) is 6.08 Å². The van der Waals surface area contributed by atoms with E-state index in [9.17, 15) is 14.4 Å². The van der Waals surface area contributed by atoms with Crippen LogP contribution in [0.1, 0.15) is 33.3 Å². The number of hydrogen-bond acceptors (Lipinski definition) is 7. The van der Waals surface area contributed by atoms with Crippen molar-refractivity contribution in [3.8, 4) is 11.5 Å². The van der Waals surface area contributed by atoms with Crippen LogP contribution in [0.2, 0.25) is 0 Å². The summed E-state index contributed by atoms with van der Waals surface area (Å²) in [5, 5.41) is 3.12. The van der Waals surface area contributed by atoms with Crippen LogP contribution in [-0.2, 0) is 22.5 Å². The van der Waals surface area contributed by atoms with Gasteiger partial charge in [-0.2, -0.15) is 0 Å². The molecule has 0 atom stereocenters. The number of amides is 3. The first kappa shape index (κ1) is 20.7. The lowest BCUT2D eigenvalue weighted by Gasteiger charge is -2.26. The highest BCUT2D eigenvalue weighted by molar-refractivity contribution is 7.17. The Kier molecular flexibility index (Phi) is 5.81. The number of fused-ring (bicyclic) bond motifs is 2. The second kappa shape index (κ2) is 8.68. The number of thiophene rings is 1. The molecule has 0 unspecified atom stereocenters. The van der Waals surface area contributed by atoms with Crippen molar-refractivity contribution >= 4 is 40.3 Å². The van der Waals surface area contributed by atoms with E-state index in [0.29, 0.717) is 41.6 Å². The SMILES string of the molecule is CCOC(=O)N1CCc2c(sc(NC(=O)/C=C/c3ccc4c(c3)OCO4)c2C(N)=O)C1. The number of nitrogens with one attached hydrogen (secondary N) is 1. The Balaban J connectivity index is 1.50. The lowest BCUT2D eigenvalue weighted by atomic mass is 10.0. The van der Waals surface area contributed by atoms with Gasteiger partial charge in [0.25, 0.3) is 5.91 Å². The number of nitrogens with zero attached hydrogens (tertiary/aromatic N) is 1. The predicted octanol–water partition coefficient (Wildman–Crippen LogP) is 2.74. The third-order valence-electron chi connectivity index (χ3n) is 4.89. The summed E-state index contributed by atoms with van der Waals surface area (Å²) >= 11 is 1.24. The second-order valence-corrected chi connectivity index (χ2v) is 7.98. The van der Waals surface area contributed by atoms with Crippen LogP contribution in [0, 0.1) is 0 Å². The van der Waals surface area contributed by atoms with Crippen molar-refractivity contribution in [3.05, 3.63) is 45.8 Å². The number of ether oxygens (including phenoxy) is 3. The molecule has 2 aliphatic heterocycles. The fourth-order valence-corrected chi connectivity index (χ4v) is 4.74. The molecular weight excluding hydrogens is 422 g/mol. The Morgan fingerprint density at radius 1 is 1.29 bits per heavy atom. The Hall–Kier alpha value is -3.53. The van der Waals surface area contributed by atoms with Gasteiger partial charge in [0.2, 0.25) is 12.7 Å². The van der Waals surface area contributed by atoms with Crippen LogP contribution in [0.3, 0.4) is 0 Å². The number of primary amides is 1. The minimum Gasteiger partial charge on any atom is -0.454 e. The normalized spacial score (nSPS) is 14.4. The van der Waals surface area contributed by atoms with Crippen molar-refractivity contribution in [2.75, 3.05) is 25.3 Å². The minimum atomic E-state index is -0.614. The lowest BCUT2D eigenvalue weighted by Crippen LogP contribution is -2.36. The lowest BCUT2D eigenvalue weighted by molar-refractivity contribution is -0.111. The zero-order chi connectivity index (χ0) is 22.0. The molecule has 0 saturated carbocycles. The third kappa shape index (κ3) is 4.33. The number of hydrogen-bond donors (Lipinski definition) is 2. The Bertz CT molecular complexity index is 1080. The van der Waals surface area contributed by atoms with Crippen molar-refractivity contribution in [2.45, 2.75) is 19.9 Å². The molecule has 2 aliphatic rings. The van der Waals surface area contributed by atoms with Gasteiger partial charge in [0.05, 0.1) is 18.7 Å². The molecule has 31 heavy (non-hydrogen) atoms. The third-order valence-corrected chi connectivity index (χ3v) is 6.02. The molecule has 4 rings (SSSR count). The smallest absolute Gasteiger partial charge is 0.410 e. The highest BCUT2D eigenvalue weighted by Crippen LogP contribution is 2.37. The molecule has 0 fully saturated rings. The second-order valence-electron chi connectivity index (χ2n) is 6.88. The monoisotopic (exact) mass is 443 g/mol. The maximum absolute atomic E-state index is 12.5. The molecule has 2 aromatic rings. The molecule has 10 heteroatoms. The first-order chi connectivity index (χ1) is 15.0. The molecule has 3 N–H and O–H groups in total. The van der Waals surface area contributed by atoms with E-state index < -0.39 is 17.9 Å². The van der Waals surface area contributed by atoms with Gasteiger partial charge in [0.15, 0.2) is 11.5 Å². The van der Waals surface area contributed by atoms with Gasteiger partial charge >= 0.3 is 6.09 Å². The zero-order valence-corrected chi connectivity index (χ0v) is 17.6. The van der Waals surface area contributed by atoms with Gasteiger partial charge in [0, 0.05) is 17.5 Å². The predicted molar refractivity (Wildman–Crippen MR) is 114 cm³/mol. The molecule has 3 heterocycles. The molecule has 1 aromatic heterocycles. The van der Waals surface area contributed by atoms with E-state index in [4.69, 9.17) is 19.9 Å². The van der Waals surface area contributed by atoms with E-state index in [1.165, 1.54) is 17.4 Å². The number of anilines is 1. The van der Waals surface area contributed by atoms with E-state index in [1.807, 2.05) is 0 Å². The van der Waals surface area contributed by atoms with Gasteiger partial charge in [-0.1, -0.05) is 6.07 Å². The fourth-order valence-electron chi connectivity index (χ4n) is 3.47. The van der Waals surface area contributed by atoms with E-state index in [-0.39, 0.29) is 13.4 Å². The average molecular weight is 443 g/mol. The minimum absolute atomic E-state index is 0.176. The van der Waals surface area contributed by atoms with Crippen molar-refractivity contribution in [2.24, 2.45) is 5.73 Å². The Morgan fingerprint density at radius 2 is 2.10 bits per heavy atom. The maximum atomic E-state index is 12.5. The topological polar surface area (TPSA) is 120 Å². The van der Waals surface area contributed by atoms with Gasteiger partial charge in [-0.3, -0.25) is 9.59 Å². The number of nitrogens with two attached hydrogens (primary N) is 1. The molecule has 3 amide bonds. The largest absolute Gasteiger partial charge is 0.454 e. The van der Waals surface area contributed by atoms with Crippen molar-refractivity contribution in [1.82, 2.24) is 4.90 Å². The Labute approximate surface area is 182 Å². The number of carbonyl (C=O) groups excluding carboxylic acids is 3. The van der Waals surface area contributed by atoms with E-state index >= 15 is 0 Å². The number of rotatable bonds is 5. The fraction of sp³-hybridized carbons (Fsp3) is 0.286. The van der Waals surface area contributed by atoms with Crippen LogP contribution in [0.5, 0.6) is 11.5 Å². The van der Waals surface area contributed by atoms with Crippen LogP contribution >= 0.6 is 11.3 Å². The van der Waals surface area contributed by atoms with Gasteiger partial charge < -0.3 is 30.2 Å². The van der Waals surface area contributed by atoms with Gasteiger partial charge in [-0.25, -0.2) is 4.79 Å². The summed E-state index contributed by atoms with van der Waals surface area (Å²) in [6.07, 6.45) is 3.06. The molecule has 0 bridgehead atoms. The molecule has 0 radical (unpaired) electrons. The van der Waals surface area contributed by atoms with Crippen molar-refractivity contribution < 1.29 is 28.6 Å². The molecule has 9 nitrogen and oxygen atoms in total. The van der Waals surface area contributed by atoms with Crippen LogP contribution in [0.15, 0.2) is 24.3 Å². The van der Waals surface area contributed by atoms with E-state index in [0.717, 1.165) is 16.0 Å². The average Bonchev–Trinajstić information content (AvgIpc) is 3.35. The number of carbonyl (C=O) groups is 3. The number of benzene rings is 1.